The molecule has 18 heavy (non-hydrogen) atoms. The number of ether oxygens (including phenoxy) is 4. The summed E-state index contributed by atoms with van der Waals surface area (Å²) in [6, 6.07) is 8.23. The van der Waals surface area contributed by atoms with Crippen LogP contribution >= 0.6 is 0 Å². The molecule has 4 rings (SSSR count). The minimum Gasteiger partial charge on any atom is -0.368 e. The zero-order valence-corrected chi connectivity index (χ0v) is 10.5. The first kappa shape index (κ1) is 10.9. The van der Waals surface area contributed by atoms with Crippen LogP contribution in [0.1, 0.15) is 31.1 Å². The zero-order valence-electron chi connectivity index (χ0n) is 10.5. The van der Waals surface area contributed by atoms with Gasteiger partial charge in [0.1, 0.15) is 18.3 Å². The highest BCUT2D eigenvalue weighted by Gasteiger charge is 2.56. The van der Waals surface area contributed by atoms with Crippen molar-refractivity contribution in [3.05, 3.63) is 35.4 Å². The maximum atomic E-state index is 5.98. The van der Waals surface area contributed by atoms with Gasteiger partial charge in [-0.2, -0.15) is 0 Å². The fourth-order valence-electron chi connectivity index (χ4n) is 3.04. The van der Waals surface area contributed by atoms with Crippen LogP contribution in [0.25, 0.3) is 0 Å². The number of rotatable bonds is 0. The fraction of sp³-hybridized carbons (Fsp3) is 0.571. The summed E-state index contributed by atoms with van der Waals surface area (Å²) in [5.41, 5.74) is 2.39. The van der Waals surface area contributed by atoms with Crippen LogP contribution in [0.3, 0.4) is 0 Å². The van der Waals surface area contributed by atoms with Gasteiger partial charge in [0, 0.05) is 0 Å². The van der Waals surface area contributed by atoms with E-state index >= 15 is 0 Å². The quantitative estimate of drug-likeness (QED) is 0.705. The van der Waals surface area contributed by atoms with E-state index in [1.807, 2.05) is 26.0 Å². The van der Waals surface area contributed by atoms with Crippen molar-refractivity contribution in [2.75, 3.05) is 0 Å². The molecule has 0 spiro atoms. The van der Waals surface area contributed by atoms with Crippen molar-refractivity contribution in [1.82, 2.24) is 0 Å². The summed E-state index contributed by atoms with van der Waals surface area (Å²) < 4.78 is 23.5. The molecule has 0 unspecified atom stereocenters. The SMILES string of the molecule is CC1(C)O[C@H]2O[C@@H]3c4ccccc4CO[C@@H]3[C@H]2O1. The molecular weight excluding hydrogens is 232 g/mol. The smallest absolute Gasteiger partial charge is 0.190 e. The minimum absolute atomic E-state index is 0.0633. The summed E-state index contributed by atoms with van der Waals surface area (Å²) in [4.78, 5) is 0. The Hall–Kier alpha value is -0.940. The maximum absolute atomic E-state index is 5.98. The van der Waals surface area contributed by atoms with Gasteiger partial charge in [-0.05, 0) is 25.0 Å². The first-order valence-corrected chi connectivity index (χ1v) is 6.35. The molecule has 0 aliphatic carbocycles. The predicted octanol–water partition coefficient (Wildman–Crippen LogP) is 2.13. The van der Waals surface area contributed by atoms with Crippen molar-refractivity contribution in [2.45, 2.75) is 50.8 Å². The van der Waals surface area contributed by atoms with Gasteiger partial charge in [-0.25, -0.2) is 0 Å². The van der Waals surface area contributed by atoms with Crippen molar-refractivity contribution >= 4 is 0 Å². The fourth-order valence-corrected chi connectivity index (χ4v) is 3.04. The van der Waals surface area contributed by atoms with Crippen molar-refractivity contribution in [1.29, 1.82) is 0 Å². The van der Waals surface area contributed by atoms with Gasteiger partial charge in [0.15, 0.2) is 12.1 Å². The first-order valence-electron chi connectivity index (χ1n) is 6.35. The summed E-state index contributed by atoms with van der Waals surface area (Å²) in [7, 11) is 0. The summed E-state index contributed by atoms with van der Waals surface area (Å²) in [6.07, 6.45) is -0.577. The number of fused-ring (bicyclic) bond motifs is 5. The molecule has 1 aromatic rings. The Morgan fingerprint density at radius 3 is 2.83 bits per heavy atom. The predicted molar refractivity (Wildman–Crippen MR) is 62.7 cm³/mol. The van der Waals surface area contributed by atoms with Crippen LogP contribution in [0.15, 0.2) is 24.3 Å². The summed E-state index contributed by atoms with van der Waals surface area (Å²) in [5, 5.41) is 0. The Kier molecular flexibility index (Phi) is 2.15. The van der Waals surface area contributed by atoms with E-state index in [1.54, 1.807) is 0 Å². The summed E-state index contributed by atoms with van der Waals surface area (Å²) >= 11 is 0. The van der Waals surface area contributed by atoms with Gasteiger partial charge in [-0.15, -0.1) is 0 Å². The highest BCUT2D eigenvalue weighted by atomic mass is 16.8. The molecule has 3 aliphatic rings. The van der Waals surface area contributed by atoms with Crippen molar-refractivity contribution in [3.8, 4) is 0 Å². The molecule has 4 nitrogen and oxygen atoms in total. The minimum atomic E-state index is -0.583. The molecule has 3 heterocycles. The number of hydrogen-bond donors (Lipinski definition) is 0. The highest BCUT2D eigenvalue weighted by molar-refractivity contribution is 5.32. The van der Waals surface area contributed by atoms with E-state index in [0.29, 0.717) is 6.61 Å². The second kappa shape index (κ2) is 3.54. The molecule has 2 saturated heterocycles. The van der Waals surface area contributed by atoms with Gasteiger partial charge in [-0.1, -0.05) is 24.3 Å². The average molecular weight is 248 g/mol. The van der Waals surface area contributed by atoms with Crippen molar-refractivity contribution < 1.29 is 18.9 Å². The van der Waals surface area contributed by atoms with E-state index in [4.69, 9.17) is 18.9 Å². The molecule has 3 aliphatic heterocycles. The second-order valence-corrected chi connectivity index (χ2v) is 5.50. The van der Waals surface area contributed by atoms with E-state index in [1.165, 1.54) is 11.1 Å². The van der Waals surface area contributed by atoms with Crippen LogP contribution in [0.2, 0.25) is 0 Å². The molecule has 0 radical (unpaired) electrons. The van der Waals surface area contributed by atoms with E-state index < -0.39 is 5.79 Å². The van der Waals surface area contributed by atoms with Crippen molar-refractivity contribution in [3.63, 3.8) is 0 Å². The van der Waals surface area contributed by atoms with E-state index in [0.717, 1.165) is 0 Å². The maximum Gasteiger partial charge on any atom is 0.190 e. The Labute approximate surface area is 106 Å². The zero-order chi connectivity index (χ0) is 12.3. The third kappa shape index (κ3) is 1.47. The van der Waals surface area contributed by atoms with Gasteiger partial charge in [-0.3, -0.25) is 0 Å². The second-order valence-electron chi connectivity index (χ2n) is 5.50. The van der Waals surface area contributed by atoms with Crippen LogP contribution in [-0.2, 0) is 25.6 Å². The number of benzene rings is 1. The van der Waals surface area contributed by atoms with Crippen LogP contribution in [0, 0.1) is 0 Å². The Morgan fingerprint density at radius 2 is 1.94 bits per heavy atom. The number of hydrogen-bond acceptors (Lipinski definition) is 4. The lowest BCUT2D eigenvalue weighted by Gasteiger charge is -2.31. The van der Waals surface area contributed by atoms with Gasteiger partial charge in [0.2, 0.25) is 0 Å². The van der Waals surface area contributed by atoms with Crippen LogP contribution in [0.5, 0.6) is 0 Å². The lowest BCUT2D eigenvalue weighted by Crippen LogP contribution is -2.36. The third-order valence-electron chi connectivity index (χ3n) is 3.78. The van der Waals surface area contributed by atoms with E-state index in [9.17, 15) is 0 Å². The Morgan fingerprint density at radius 1 is 1.11 bits per heavy atom. The van der Waals surface area contributed by atoms with E-state index in [-0.39, 0.29) is 24.6 Å². The molecule has 1 aromatic carbocycles. The molecule has 0 amide bonds. The van der Waals surface area contributed by atoms with Crippen LogP contribution < -0.4 is 0 Å². The van der Waals surface area contributed by atoms with Gasteiger partial charge in [0.25, 0.3) is 0 Å². The molecule has 0 N–H and O–H groups in total. The van der Waals surface area contributed by atoms with Crippen molar-refractivity contribution in [2.24, 2.45) is 0 Å². The molecule has 4 atom stereocenters. The summed E-state index contributed by atoms with van der Waals surface area (Å²) in [5.74, 6) is -0.583. The normalized spacial score (nSPS) is 40.1. The lowest BCUT2D eigenvalue weighted by molar-refractivity contribution is -0.223. The topological polar surface area (TPSA) is 36.9 Å². The Balaban J connectivity index is 1.68. The van der Waals surface area contributed by atoms with Gasteiger partial charge >= 0.3 is 0 Å². The first-order chi connectivity index (χ1) is 8.64. The Bertz CT molecular complexity index is 484. The molecule has 0 saturated carbocycles. The van der Waals surface area contributed by atoms with Crippen LogP contribution in [-0.4, -0.2) is 24.3 Å². The lowest BCUT2D eigenvalue weighted by atomic mass is 9.95. The van der Waals surface area contributed by atoms with E-state index in [2.05, 4.69) is 12.1 Å². The largest absolute Gasteiger partial charge is 0.368 e. The van der Waals surface area contributed by atoms with Gasteiger partial charge < -0.3 is 18.9 Å². The third-order valence-corrected chi connectivity index (χ3v) is 3.78. The molecular formula is C14H16O4. The molecule has 4 heteroatoms. The molecule has 0 bridgehead atoms. The standard InChI is InChI=1S/C14H16O4/c1-14(2)17-12-11-10(16-13(12)18-14)9-6-4-3-5-8(9)7-15-11/h3-6,10-13H,7H2,1-2H3/t10-,11+,12-,13-/m1/s1. The van der Waals surface area contributed by atoms with Crippen LogP contribution in [0.4, 0.5) is 0 Å². The molecule has 0 aromatic heterocycles. The average Bonchev–Trinajstić information content (AvgIpc) is 2.81. The monoisotopic (exact) mass is 248 g/mol. The highest BCUT2D eigenvalue weighted by Crippen LogP contribution is 2.47. The van der Waals surface area contributed by atoms with Gasteiger partial charge in [0.05, 0.1) is 6.61 Å². The molecule has 2 fully saturated rings. The summed E-state index contributed by atoms with van der Waals surface area (Å²) in [6.45, 7) is 4.43. The molecule has 96 valence electrons.